The molecular formula is C12H18N8O. The van der Waals surface area contributed by atoms with Gasteiger partial charge in [0.05, 0.1) is 6.54 Å². The number of aromatic nitrogens is 5. The zero-order valence-corrected chi connectivity index (χ0v) is 12.2. The Morgan fingerprint density at radius 3 is 2.71 bits per heavy atom. The average molecular weight is 290 g/mol. The second-order valence-electron chi connectivity index (χ2n) is 4.24. The van der Waals surface area contributed by atoms with Crippen molar-refractivity contribution in [3.05, 3.63) is 18.5 Å². The molecule has 2 aromatic rings. The molecule has 9 heteroatoms. The van der Waals surface area contributed by atoms with Crippen LogP contribution in [0.1, 0.15) is 6.92 Å². The van der Waals surface area contributed by atoms with Crippen LogP contribution in [0.25, 0.3) is 5.95 Å². The van der Waals surface area contributed by atoms with E-state index >= 15 is 0 Å². The van der Waals surface area contributed by atoms with Crippen molar-refractivity contribution in [2.24, 2.45) is 0 Å². The maximum Gasteiger partial charge on any atom is 0.257 e. The molecule has 0 unspecified atom stereocenters. The van der Waals surface area contributed by atoms with Crippen LogP contribution in [0, 0.1) is 0 Å². The van der Waals surface area contributed by atoms with Gasteiger partial charge in [-0.3, -0.25) is 4.79 Å². The molecule has 0 saturated heterocycles. The third kappa shape index (κ3) is 3.65. The lowest BCUT2D eigenvalue weighted by molar-refractivity contribution is -0.127. The molecule has 0 bridgehead atoms. The summed E-state index contributed by atoms with van der Waals surface area (Å²) in [6.45, 7) is 2.68. The van der Waals surface area contributed by atoms with E-state index in [1.807, 2.05) is 6.92 Å². The highest BCUT2D eigenvalue weighted by atomic mass is 16.2. The molecular weight excluding hydrogens is 272 g/mol. The van der Waals surface area contributed by atoms with Crippen LogP contribution in [0.2, 0.25) is 0 Å². The van der Waals surface area contributed by atoms with E-state index in [1.54, 1.807) is 37.5 Å². The van der Waals surface area contributed by atoms with Gasteiger partial charge in [0, 0.05) is 33.0 Å². The van der Waals surface area contributed by atoms with Crippen molar-refractivity contribution in [3.8, 4) is 5.95 Å². The van der Waals surface area contributed by atoms with Gasteiger partial charge in [0.1, 0.15) is 0 Å². The first-order valence-electron chi connectivity index (χ1n) is 6.55. The Balaban J connectivity index is 2.16. The van der Waals surface area contributed by atoms with E-state index in [2.05, 4.69) is 30.7 Å². The molecule has 0 aliphatic carbocycles. The van der Waals surface area contributed by atoms with Crippen molar-refractivity contribution < 1.29 is 4.79 Å². The number of carbonyl (C=O) groups excluding carboxylic acids is 1. The Hall–Kier alpha value is -2.71. The summed E-state index contributed by atoms with van der Waals surface area (Å²) in [7, 11) is 3.45. The molecule has 0 aromatic carbocycles. The molecule has 2 rings (SSSR count). The molecule has 112 valence electrons. The summed E-state index contributed by atoms with van der Waals surface area (Å²) in [5.41, 5.74) is 0. The van der Waals surface area contributed by atoms with Gasteiger partial charge in [-0.2, -0.15) is 20.1 Å². The maximum absolute atomic E-state index is 11.8. The lowest BCUT2D eigenvalue weighted by Gasteiger charge is -2.15. The summed E-state index contributed by atoms with van der Waals surface area (Å²) in [6.07, 6.45) is 3.37. The van der Waals surface area contributed by atoms with Crippen molar-refractivity contribution in [2.75, 3.05) is 37.8 Å². The van der Waals surface area contributed by atoms with Crippen LogP contribution in [0.15, 0.2) is 18.5 Å². The number of rotatable bonds is 6. The lowest BCUT2D eigenvalue weighted by atomic mass is 10.5. The number of likely N-dealkylation sites (N-methyl/N-ethyl adjacent to an activating group) is 1. The molecule has 0 fully saturated rings. The Morgan fingerprint density at radius 1 is 1.33 bits per heavy atom. The zero-order valence-electron chi connectivity index (χ0n) is 12.2. The lowest BCUT2D eigenvalue weighted by Crippen LogP contribution is -2.32. The van der Waals surface area contributed by atoms with Crippen molar-refractivity contribution in [3.63, 3.8) is 0 Å². The molecule has 21 heavy (non-hydrogen) atoms. The van der Waals surface area contributed by atoms with E-state index in [0.717, 1.165) is 0 Å². The highest BCUT2D eigenvalue weighted by Crippen LogP contribution is 2.08. The van der Waals surface area contributed by atoms with Crippen LogP contribution >= 0.6 is 0 Å². The molecule has 0 aliphatic heterocycles. The molecule has 0 spiro atoms. The van der Waals surface area contributed by atoms with Gasteiger partial charge < -0.3 is 15.5 Å². The number of anilines is 2. The predicted octanol–water partition coefficient (Wildman–Crippen LogP) is -0.0108. The Bertz CT molecular complexity index is 597. The molecule has 1 amide bonds. The first-order valence-corrected chi connectivity index (χ1v) is 6.55. The summed E-state index contributed by atoms with van der Waals surface area (Å²) in [5, 5.41) is 9.83. The van der Waals surface area contributed by atoms with Gasteiger partial charge in [0.15, 0.2) is 0 Å². The Kier molecular flexibility index (Phi) is 4.64. The van der Waals surface area contributed by atoms with Crippen LogP contribution in [0.5, 0.6) is 0 Å². The van der Waals surface area contributed by atoms with Crippen LogP contribution in [-0.4, -0.2) is 62.7 Å². The molecule has 0 aliphatic rings. The van der Waals surface area contributed by atoms with E-state index in [0.29, 0.717) is 24.4 Å². The SMILES string of the molecule is CCN(C)C(=O)CNc1nc(NC)nc(-n2cccn2)n1. The topological polar surface area (TPSA) is 101 Å². The monoisotopic (exact) mass is 290 g/mol. The number of amides is 1. The molecule has 0 radical (unpaired) electrons. The minimum atomic E-state index is -0.0374. The van der Waals surface area contributed by atoms with Crippen molar-refractivity contribution in [1.29, 1.82) is 0 Å². The van der Waals surface area contributed by atoms with E-state index in [4.69, 9.17) is 0 Å². The third-order valence-corrected chi connectivity index (χ3v) is 2.85. The normalized spacial score (nSPS) is 10.2. The van der Waals surface area contributed by atoms with Gasteiger partial charge in [-0.1, -0.05) is 0 Å². The van der Waals surface area contributed by atoms with Gasteiger partial charge in [0.2, 0.25) is 17.8 Å². The summed E-state index contributed by atoms with van der Waals surface area (Å²) in [5.74, 6) is 1.05. The number of hydrogen-bond acceptors (Lipinski definition) is 7. The minimum Gasteiger partial charge on any atom is -0.357 e. The average Bonchev–Trinajstić information content (AvgIpc) is 3.05. The van der Waals surface area contributed by atoms with E-state index < -0.39 is 0 Å². The fourth-order valence-corrected chi connectivity index (χ4v) is 1.51. The van der Waals surface area contributed by atoms with Crippen LogP contribution in [0.4, 0.5) is 11.9 Å². The zero-order chi connectivity index (χ0) is 15.2. The largest absolute Gasteiger partial charge is 0.357 e. The van der Waals surface area contributed by atoms with E-state index in [1.165, 1.54) is 4.68 Å². The highest BCUT2D eigenvalue weighted by molar-refractivity contribution is 5.80. The van der Waals surface area contributed by atoms with Gasteiger partial charge in [0.25, 0.3) is 5.95 Å². The summed E-state index contributed by atoms with van der Waals surface area (Å²) in [4.78, 5) is 26.0. The van der Waals surface area contributed by atoms with Gasteiger partial charge in [-0.25, -0.2) is 4.68 Å². The Labute approximate surface area is 122 Å². The molecule has 9 nitrogen and oxygen atoms in total. The molecule has 2 N–H and O–H groups in total. The van der Waals surface area contributed by atoms with Crippen LogP contribution in [-0.2, 0) is 4.79 Å². The van der Waals surface area contributed by atoms with Crippen LogP contribution in [0.3, 0.4) is 0 Å². The standard InChI is InChI=1S/C12H18N8O/c1-4-19(3)9(21)8-14-11-16-10(13-2)17-12(18-11)20-7-5-6-15-20/h5-7H,4,8H2,1-3H3,(H2,13,14,16,17,18). The van der Waals surface area contributed by atoms with Gasteiger partial charge in [-0.15, -0.1) is 0 Å². The first-order chi connectivity index (χ1) is 10.1. The highest BCUT2D eigenvalue weighted by Gasteiger charge is 2.10. The van der Waals surface area contributed by atoms with E-state index in [9.17, 15) is 4.79 Å². The fourth-order valence-electron chi connectivity index (χ4n) is 1.51. The minimum absolute atomic E-state index is 0.0374. The number of nitrogens with zero attached hydrogens (tertiary/aromatic N) is 6. The maximum atomic E-state index is 11.8. The summed E-state index contributed by atoms with van der Waals surface area (Å²) in [6, 6.07) is 1.77. The summed E-state index contributed by atoms with van der Waals surface area (Å²) < 4.78 is 1.52. The second-order valence-corrected chi connectivity index (χ2v) is 4.24. The molecule has 0 atom stereocenters. The van der Waals surface area contributed by atoms with E-state index in [-0.39, 0.29) is 12.5 Å². The second kappa shape index (κ2) is 6.64. The third-order valence-electron chi connectivity index (χ3n) is 2.85. The number of carbonyl (C=O) groups is 1. The first kappa shape index (κ1) is 14.7. The summed E-state index contributed by atoms with van der Waals surface area (Å²) >= 11 is 0. The number of hydrogen-bond donors (Lipinski definition) is 2. The fraction of sp³-hybridized carbons (Fsp3) is 0.417. The smallest absolute Gasteiger partial charge is 0.257 e. The predicted molar refractivity (Wildman–Crippen MR) is 78.3 cm³/mol. The van der Waals surface area contributed by atoms with Crippen molar-refractivity contribution in [1.82, 2.24) is 29.6 Å². The van der Waals surface area contributed by atoms with Crippen molar-refractivity contribution in [2.45, 2.75) is 6.92 Å². The molecule has 2 aromatic heterocycles. The Morgan fingerprint density at radius 2 is 2.10 bits per heavy atom. The molecule has 2 heterocycles. The van der Waals surface area contributed by atoms with Crippen molar-refractivity contribution >= 4 is 17.8 Å². The van der Waals surface area contributed by atoms with Crippen LogP contribution < -0.4 is 10.6 Å². The number of nitrogens with one attached hydrogen (secondary N) is 2. The molecule has 0 saturated carbocycles. The quantitative estimate of drug-likeness (QED) is 0.771. The van der Waals surface area contributed by atoms with Gasteiger partial charge in [-0.05, 0) is 13.0 Å². The van der Waals surface area contributed by atoms with Gasteiger partial charge >= 0.3 is 0 Å².